The maximum Gasteiger partial charge on any atom is 0.150 e. The lowest BCUT2D eigenvalue weighted by Crippen LogP contribution is -2.38. The van der Waals surface area contributed by atoms with Crippen molar-refractivity contribution in [3.05, 3.63) is 16.1 Å². The van der Waals surface area contributed by atoms with E-state index in [1.54, 1.807) is 13.2 Å². The number of methoxy groups -OCH3 is 1. The number of anilines is 2. The molecule has 0 spiro atoms. The van der Waals surface area contributed by atoms with Gasteiger partial charge in [0.15, 0.2) is 0 Å². The molecule has 0 amide bonds. The van der Waals surface area contributed by atoms with Gasteiger partial charge in [0.1, 0.15) is 11.6 Å². The average Bonchev–Trinajstić information content (AvgIpc) is 3.19. The highest BCUT2D eigenvalue weighted by Gasteiger charge is 2.33. The molecular weight excluding hydrogens is 285 g/mol. The van der Waals surface area contributed by atoms with Gasteiger partial charge in [0, 0.05) is 19.7 Å². The zero-order valence-corrected chi connectivity index (χ0v) is 12.7. The first-order chi connectivity index (χ1) is 9.04. The summed E-state index contributed by atoms with van der Waals surface area (Å²) in [5, 5.41) is 0.919. The van der Waals surface area contributed by atoms with Crippen molar-refractivity contribution in [1.29, 1.82) is 0 Å². The topological polar surface area (TPSA) is 51.4 Å². The maximum absolute atomic E-state index is 6.26. The van der Waals surface area contributed by atoms with Crippen LogP contribution in [0.5, 0.6) is 0 Å². The molecule has 19 heavy (non-hydrogen) atoms. The number of nitrogen functional groups attached to an aromatic ring is 1. The van der Waals surface area contributed by atoms with Crippen LogP contribution in [0.1, 0.15) is 19.8 Å². The molecule has 1 heterocycles. The Labute approximate surface area is 123 Å². The molecule has 4 nitrogen and oxygen atoms in total. The van der Waals surface area contributed by atoms with E-state index in [0.29, 0.717) is 40.2 Å². The highest BCUT2D eigenvalue weighted by atomic mass is 35.5. The molecule has 6 heteroatoms. The summed E-state index contributed by atoms with van der Waals surface area (Å²) in [6, 6.07) is 2.03. The lowest BCUT2D eigenvalue weighted by molar-refractivity contribution is 0.202. The number of aromatic nitrogens is 1. The van der Waals surface area contributed by atoms with Crippen LogP contribution in [0, 0.1) is 5.92 Å². The van der Waals surface area contributed by atoms with Gasteiger partial charge in [-0.1, -0.05) is 23.2 Å². The fraction of sp³-hybridized carbons (Fsp3) is 0.615. The summed E-state index contributed by atoms with van der Waals surface area (Å²) in [5.74, 6) is 1.71. The Morgan fingerprint density at radius 3 is 2.74 bits per heavy atom. The van der Waals surface area contributed by atoms with Gasteiger partial charge in [0.05, 0.1) is 16.7 Å². The van der Waals surface area contributed by atoms with E-state index in [4.69, 9.17) is 33.7 Å². The number of rotatable bonds is 6. The summed E-state index contributed by atoms with van der Waals surface area (Å²) in [7, 11) is 1.69. The molecule has 1 aromatic rings. The Balaban J connectivity index is 2.28. The quantitative estimate of drug-likeness (QED) is 0.876. The molecule has 1 fully saturated rings. The van der Waals surface area contributed by atoms with E-state index in [2.05, 4.69) is 16.8 Å². The van der Waals surface area contributed by atoms with E-state index in [0.717, 1.165) is 6.54 Å². The number of halogens is 2. The van der Waals surface area contributed by atoms with E-state index >= 15 is 0 Å². The van der Waals surface area contributed by atoms with E-state index in [1.807, 2.05) is 0 Å². The van der Waals surface area contributed by atoms with Gasteiger partial charge in [-0.2, -0.15) is 0 Å². The van der Waals surface area contributed by atoms with Crippen LogP contribution < -0.4 is 10.6 Å². The van der Waals surface area contributed by atoms with Crippen molar-refractivity contribution >= 4 is 34.8 Å². The van der Waals surface area contributed by atoms with Gasteiger partial charge >= 0.3 is 0 Å². The fourth-order valence-corrected chi connectivity index (χ4v) is 2.66. The van der Waals surface area contributed by atoms with Crippen molar-refractivity contribution in [2.24, 2.45) is 5.92 Å². The lowest BCUT2D eigenvalue weighted by Gasteiger charge is -2.31. The smallest absolute Gasteiger partial charge is 0.150 e. The largest absolute Gasteiger partial charge is 0.383 e. The molecule has 1 atom stereocenters. The van der Waals surface area contributed by atoms with Gasteiger partial charge in [-0.25, -0.2) is 4.98 Å². The molecule has 0 saturated heterocycles. The number of pyridine rings is 1. The minimum absolute atomic E-state index is 0.312. The zero-order valence-electron chi connectivity index (χ0n) is 11.2. The molecule has 1 saturated carbocycles. The third-order valence-corrected chi connectivity index (χ3v) is 4.12. The third kappa shape index (κ3) is 3.44. The molecule has 2 N–H and O–H groups in total. The summed E-state index contributed by atoms with van der Waals surface area (Å²) < 4.78 is 5.17. The van der Waals surface area contributed by atoms with Crippen LogP contribution in [0.3, 0.4) is 0 Å². The molecule has 2 rings (SSSR count). The Kier molecular flexibility index (Phi) is 4.76. The monoisotopic (exact) mass is 303 g/mol. The van der Waals surface area contributed by atoms with Gasteiger partial charge in [-0.05, 0) is 31.7 Å². The zero-order chi connectivity index (χ0) is 14.0. The Morgan fingerprint density at radius 1 is 1.47 bits per heavy atom. The summed E-state index contributed by atoms with van der Waals surface area (Å²) in [6.45, 7) is 3.55. The summed E-state index contributed by atoms with van der Waals surface area (Å²) in [5.41, 5.74) is 5.79. The maximum atomic E-state index is 6.26. The standard InChI is InChI=1S/C13H19Cl2N3O/c1-8(9-3-4-9)18(5-6-19-2)13-11(15)7-10(14)12(16)17-13/h7-9H,3-6H2,1-2H3,(H2,16,17). The molecule has 0 aromatic carbocycles. The first kappa shape index (κ1) is 14.7. The molecule has 1 aliphatic carbocycles. The summed E-state index contributed by atoms with van der Waals surface area (Å²) >= 11 is 12.2. The van der Waals surface area contributed by atoms with Crippen molar-refractivity contribution in [3.8, 4) is 0 Å². The van der Waals surface area contributed by atoms with Crippen molar-refractivity contribution in [2.45, 2.75) is 25.8 Å². The van der Waals surface area contributed by atoms with Crippen LogP contribution >= 0.6 is 23.2 Å². The van der Waals surface area contributed by atoms with Crippen molar-refractivity contribution in [2.75, 3.05) is 30.9 Å². The van der Waals surface area contributed by atoms with Crippen molar-refractivity contribution < 1.29 is 4.74 Å². The summed E-state index contributed by atoms with van der Waals surface area (Å²) in [4.78, 5) is 6.50. The second-order valence-electron chi connectivity index (χ2n) is 4.93. The van der Waals surface area contributed by atoms with Crippen LogP contribution in [0.4, 0.5) is 11.6 Å². The molecule has 106 valence electrons. The predicted molar refractivity (Wildman–Crippen MR) is 80.1 cm³/mol. The highest BCUT2D eigenvalue weighted by Crippen LogP contribution is 2.39. The lowest BCUT2D eigenvalue weighted by atomic mass is 10.2. The Hall–Kier alpha value is -0.710. The number of nitrogens with zero attached hydrogens (tertiary/aromatic N) is 2. The van der Waals surface area contributed by atoms with E-state index in [9.17, 15) is 0 Å². The fourth-order valence-electron chi connectivity index (χ4n) is 2.20. The molecule has 1 aromatic heterocycles. The van der Waals surface area contributed by atoms with Crippen molar-refractivity contribution in [1.82, 2.24) is 4.98 Å². The number of nitrogens with two attached hydrogens (primary N) is 1. The van der Waals surface area contributed by atoms with E-state index in [1.165, 1.54) is 12.8 Å². The average molecular weight is 304 g/mol. The second kappa shape index (κ2) is 6.16. The first-order valence-corrected chi connectivity index (χ1v) is 7.17. The van der Waals surface area contributed by atoms with Crippen LogP contribution in [-0.4, -0.2) is 31.3 Å². The number of hydrogen-bond donors (Lipinski definition) is 1. The molecule has 1 unspecified atom stereocenters. The molecule has 0 bridgehead atoms. The van der Waals surface area contributed by atoms with Gasteiger partial charge in [0.25, 0.3) is 0 Å². The SMILES string of the molecule is COCCN(c1nc(N)c(Cl)cc1Cl)C(C)C1CC1. The Bertz CT molecular complexity index is 452. The number of hydrogen-bond acceptors (Lipinski definition) is 4. The predicted octanol–water partition coefficient (Wildman–Crippen LogP) is 3.22. The van der Waals surface area contributed by atoms with Crippen molar-refractivity contribution in [3.63, 3.8) is 0 Å². The molecule has 0 aliphatic heterocycles. The normalized spacial score (nSPS) is 16.4. The molecule has 1 aliphatic rings. The Morgan fingerprint density at radius 2 is 2.16 bits per heavy atom. The van der Waals surface area contributed by atoms with E-state index in [-0.39, 0.29) is 0 Å². The van der Waals surface area contributed by atoms with Crippen LogP contribution in [0.15, 0.2) is 6.07 Å². The molecule has 0 radical (unpaired) electrons. The van der Waals surface area contributed by atoms with Gasteiger partial charge < -0.3 is 15.4 Å². The van der Waals surface area contributed by atoms with Gasteiger partial charge in [-0.3, -0.25) is 0 Å². The minimum atomic E-state index is 0.312. The van der Waals surface area contributed by atoms with Gasteiger partial charge in [-0.15, -0.1) is 0 Å². The first-order valence-electron chi connectivity index (χ1n) is 6.41. The third-order valence-electron chi connectivity index (χ3n) is 3.54. The highest BCUT2D eigenvalue weighted by molar-refractivity contribution is 6.37. The molecular formula is C13H19Cl2N3O. The van der Waals surface area contributed by atoms with Crippen LogP contribution in [0.25, 0.3) is 0 Å². The summed E-state index contributed by atoms with van der Waals surface area (Å²) in [6.07, 6.45) is 2.51. The second-order valence-corrected chi connectivity index (χ2v) is 5.74. The van der Waals surface area contributed by atoms with E-state index < -0.39 is 0 Å². The van der Waals surface area contributed by atoms with Crippen LogP contribution in [0.2, 0.25) is 10.0 Å². The van der Waals surface area contributed by atoms with Crippen LogP contribution in [-0.2, 0) is 4.74 Å². The van der Waals surface area contributed by atoms with Gasteiger partial charge in [0.2, 0.25) is 0 Å². The minimum Gasteiger partial charge on any atom is -0.383 e. The number of ether oxygens (including phenoxy) is 1.